The lowest BCUT2D eigenvalue weighted by atomic mass is 9.89. The number of halogens is 4. The Kier molecular flexibility index (Phi) is 8.41. The highest BCUT2D eigenvalue weighted by molar-refractivity contribution is 7.91. The van der Waals surface area contributed by atoms with Gasteiger partial charge in [0.25, 0.3) is 0 Å². The molecule has 4 N–H and O–H groups in total. The molecule has 0 spiro atoms. The summed E-state index contributed by atoms with van der Waals surface area (Å²) in [6.07, 6.45) is 3.32. The number of anilines is 2. The maximum absolute atomic E-state index is 14.0. The molecule has 1 heterocycles. The fourth-order valence-corrected chi connectivity index (χ4v) is 7.56. The van der Waals surface area contributed by atoms with Crippen molar-refractivity contribution < 1.29 is 18.0 Å². The summed E-state index contributed by atoms with van der Waals surface area (Å²) in [5.41, 5.74) is 6.74. The van der Waals surface area contributed by atoms with Crippen LogP contribution in [0.1, 0.15) is 46.5 Å². The molecule has 0 amide bonds. The minimum absolute atomic E-state index is 0.0778. The molecule has 4 rings (SSSR count). The number of nitrogens with one attached hydrogen (secondary N) is 2. The molecule has 2 aromatic carbocycles. The van der Waals surface area contributed by atoms with Gasteiger partial charge in [-0.2, -0.15) is 0 Å². The molecule has 1 unspecified atom stereocenters. The molecule has 8 nitrogen and oxygen atoms in total. The number of nitrogens with two attached hydrogens (primary N) is 1. The Morgan fingerprint density at radius 3 is 2.13 bits per heavy atom. The second kappa shape index (κ2) is 11.0. The zero-order valence-corrected chi connectivity index (χ0v) is 24.4. The zero-order chi connectivity index (χ0) is 28.0. The second-order valence-electron chi connectivity index (χ2n) is 9.01. The number of carbonyl (C=O) groups is 2. The summed E-state index contributed by atoms with van der Waals surface area (Å²) in [5, 5.41) is 1.99. The molecule has 2 aromatic rings. The van der Waals surface area contributed by atoms with Crippen LogP contribution >= 0.6 is 46.4 Å². The largest absolute Gasteiger partial charge is 0.397 e. The predicted octanol–water partition coefficient (Wildman–Crippen LogP) is 5.36. The summed E-state index contributed by atoms with van der Waals surface area (Å²) in [4.78, 5) is 27.5. The predicted molar refractivity (Wildman–Crippen MR) is 154 cm³/mol. The van der Waals surface area contributed by atoms with Crippen LogP contribution < -0.4 is 15.8 Å². The lowest BCUT2D eigenvalue weighted by Crippen LogP contribution is -2.59. The summed E-state index contributed by atoms with van der Waals surface area (Å²) >= 11 is 25.0. The molecule has 0 radical (unpaired) electrons. The van der Waals surface area contributed by atoms with Crippen molar-refractivity contribution in [1.29, 1.82) is 0 Å². The van der Waals surface area contributed by atoms with E-state index >= 15 is 0 Å². The monoisotopic (exact) mass is 618 g/mol. The highest BCUT2D eigenvalue weighted by Crippen LogP contribution is 2.50. The van der Waals surface area contributed by atoms with Crippen molar-refractivity contribution in [3.8, 4) is 0 Å². The van der Waals surface area contributed by atoms with Gasteiger partial charge in [0.05, 0.1) is 42.6 Å². The molecule has 0 saturated carbocycles. The normalized spacial score (nSPS) is 19.1. The maximum Gasteiger partial charge on any atom is 0.240 e. The van der Waals surface area contributed by atoms with Crippen LogP contribution in [0, 0.1) is 5.92 Å². The van der Waals surface area contributed by atoms with E-state index in [0.29, 0.717) is 18.5 Å². The Hall–Kier alpha value is -1.85. The van der Waals surface area contributed by atoms with Crippen molar-refractivity contribution in [2.75, 3.05) is 37.2 Å². The van der Waals surface area contributed by atoms with E-state index in [1.165, 1.54) is 12.2 Å². The minimum atomic E-state index is -4.44. The first-order valence-electron chi connectivity index (χ1n) is 11.9. The number of sulfonamides is 1. The number of para-hydroxylation sites is 1. The van der Waals surface area contributed by atoms with Crippen LogP contribution in [0.2, 0.25) is 20.1 Å². The van der Waals surface area contributed by atoms with Crippen molar-refractivity contribution in [1.82, 2.24) is 9.62 Å². The third-order valence-corrected chi connectivity index (χ3v) is 10.7. The SMILES string of the molecule is CCN(CC)CCCNS(=O)(=O)C1(C2C(=O)c3c(Cl)c(Cl)c(Cl)c(Cl)c3C2=O)C=Cc2cccc(N)c2N1. The Bertz CT molecular complexity index is 1410. The fraction of sp³-hybridized carbons (Fsp3) is 0.360. The fourth-order valence-electron chi connectivity index (χ4n) is 4.86. The first-order chi connectivity index (χ1) is 17.9. The van der Waals surface area contributed by atoms with E-state index in [9.17, 15) is 18.0 Å². The van der Waals surface area contributed by atoms with Gasteiger partial charge < -0.3 is 16.0 Å². The van der Waals surface area contributed by atoms with E-state index in [0.717, 1.165) is 13.1 Å². The molecule has 1 aliphatic carbocycles. The maximum atomic E-state index is 14.0. The molecule has 2 aliphatic rings. The van der Waals surface area contributed by atoms with Gasteiger partial charge >= 0.3 is 0 Å². The average Bonchev–Trinajstić information content (AvgIpc) is 3.16. The molecule has 38 heavy (non-hydrogen) atoms. The van der Waals surface area contributed by atoms with E-state index in [4.69, 9.17) is 52.1 Å². The van der Waals surface area contributed by atoms with Crippen molar-refractivity contribution in [2.45, 2.75) is 25.1 Å². The number of ketones is 2. The van der Waals surface area contributed by atoms with E-state index in [1.54, 1.807) is 18.2 Å². The number of rotatable bonds is 9. The molecular weight excluding hydrogens is 594 g/mol. The Balaban J connectivity index is 1.82. The van der Waals surface area contributed by atoms with Crippen molar-refractivity contribution in [3.05, 3.63) is 61.1 Å². The van der Waals surface area contributed by atoms with Crippen LogP contribution in [0.5, 0.6) is 0 Å². The van der Waals surface area contributed by atoms with E-state index in [2.05, 4.69) is 14.9 Å². The Labute approximate surface area is 241 Å². The summed E-state index contributed by atoms with van der Waals surface area (Å²) in [6, 6.07) is 5.02. The number of nitrogen functional groups attached to an aromatic ring is 1. The Morgan fingerprint density at radius 1 is 1.00 bits per heavy atom. The molecule has 1 atom stereocenters. The third kappa shape index (κ3) is 4.62. The number of hydrogen-bond donors (Lipinski definition) is 3. The molecule has 0 saturated heterocycles. The lowest BCUT2D eigenvalue weighted by molar-refractivity contribution is 0.0821. The van der Waals surface area contributed by atoms with E-state index < -0.39 is 32.4 Å². The standard InChI is InChI=1S/C25H26Cl4N4O4S/c1-3-33(4-2)12-6-11-31-38(36,37)25(10-9-13-7-5-8-14(30)22(13)32-25)17-23(34)15-16(24(17)35)19(27)21(29)20(28)18(15)26/h5,7-10,17,31-32H,3-4,6,11-12,30H2,1-2H3. The first-order valence-corrected chi connectivity index (χ1v) is 14.9. The van der Waals surface area contributed by atoms with Gasteiger partial charge in [0.15, 0.2) is 16.4 Å². The van der Waals surface area contributed by atoms with Gasteiger partial charge in [-0.25, -0.2) is 13.1 Å². The van der Waals surface area contributed by atoms with Gasteiger partial charge in [0.1, 0.15) is 5.92 Å². The van der Waals surface area contributed by atoms with Crippen LogP contribution in [-0.4, -0.2) is 55.9 Å². The van der Waals surface area contributed by atoms with Crippen LogP contribution in [0.15, 0.2) is 24.3 Å². The molecule has 0 fully saturated rings. The van der Waals surface area contributed by atoms with Gasteiger partial charge in [-0.15, -0.1) is 0 Å². The van der Waals surface area contributed by atoms with Crippen LogP contribution in [0.3, 0.4) is 0 Å². The zero-order valence-electron chi connectivity index (χ0n) is 20.6. The smallest absolute Gasteiger partial charge is 0.240 e. The lowest BCUT2D eigenvalue weighted by Gasteiger charge is -2.39. The quantitative estimate of drug-likeness (QED) is 0.113. The highest BCUT2D eigenvalue weighted by atomic mass is 35.5. The summed E-state index contributed by atoms with van der Waals surface area (Å²) in [5.74, 6) is -3.48. The van der Waals surface area contributed by atoms with E-state index in [-0.39, 0.29) is 49.1 Å². The summed E-state index contributed by atoms with van der Waals surface area (Å²) in [6.45, 7) is 6.42. The van der Waals surface area contributed by atoms with Crippen LogP contribution in [0.25, 0.3) is 6.08 Å². The number of Topliss-reactive ketones (excluding diaryl/α,β-unsaturated/α-hetero) is 2. The topological polar surface area (TPSA) is 122 Å². The van der Waals surface area contributed by atoms with Gasteiger partial charge in [-0.1, -0.05) is 78.5 Å². The molecule has 13 heteroatoms. The van der Waals surface area contributed by atoms with Gasteiger partial charge in [-0.05, 0) is 43.8 Å². The van der Waals surface area contributed by atoms with E-state index in [1.807, 2.05) is 13.8 Å². The van der Waals surface area contributed by atoms with Gasteiger partial charge in [0.2, 0.25) is 10.0 Å². The molecule has 0 bridgehead atoms. The number of benzene rings is 2. The van der Waals surface area contributed by atoms with Gasteiger partial charge in [-0.3, -0.25) is 9.59 Å². The minimum Gasteiger partial charge on any atom is -0.397 e. The van der Waals surface area contributed by atoms with Gasteiger partial charge in [0, 0.05) is 6.54 Å². The summed E-state index contributed by atoms with van der Waals surface area (Å²) < 4.78 is 30.7. The third-order valence-electron chi connectivity index (χ3n) is 6.96. The van der Waals surface area contributed by atoms with Crippen molar-refractivity contribution >= 4 is 85.4 Å². The molecule has 0 aromatic heterocycles. The molecular formula is C25H26Cl4N4O4S. The number of carbonyl (C=O) groups excluding carboxylic acids is 2. The summed E-state index contributed by atoms with van der Waals surface area (Å²) in [7, 11) is -4.44. The highest BCUT2D eigenvalue weighted by Gasteiger charge is 2.60. The first kappa shape index (κ1) is 29.1. The number of nitrogens with zero attached hydrogens (tertiary/aromatic N) is 1. The molecule has 204 valence electrons. The molecule has 1 aliphatic heterocycles. The van der Waals surface area contributed by atoms with Crippen molar-refractivity contribution in [3.63, 3.8) is 0 Å². The number of fused-ring (bicyclic) bond motifs is 2. The number of hydrogen-bond acceptors (Lipinski definition) is 7. The van der Waals surface area contributed by atoms with Crippen LogP contribution in [0.4, 0.5) is 11.4 Å². The average molecular weight is 620 g/mol. The van der Waals surface area contributed by atoms with Crippen LogP contribution in [-0.2, 0) is 10.0 Å². The Morgan fingerprint density at radius 2 is 1.58 bits per heavy atom. The second-order valence-corrected chi connectivity index (χ2v) is 12.5. The van der Waals surface area contributed by atoms with Crippen molar-refractivity contribution in [2.24, 2.45) is 5.92 Å².